The number of aliphatic carboxylic acids is 1. The average Bonchev–Trinajstić information content (AvgIpc) is 2.84. The largest absolute Gasteiger partial charge is 0.481 e. The second kappa shape index (κ2) is 8.36. The van der Waals surface area contributed by atoms with Crippen molar-refractivity contribution in [2.75, 3.05) is 13.2 Å². The molecule has 2 heterocycles. The van der Waals surface area contributed by atoms with Gasteiger partial charge < -0.3 is 30.5 Å². The van der Waals surface area contributed by atoms with Gasteiger partial charge in [0.15, 0.2) is 6.23 Å². The maximum Gasteiger partial charge on any atom is 0.330 e. The highest BCUT2D eigenvalue weighted by Gasteiger charge is 2.43. The number of aromatic amines is 1. The summed E-state index contributed by atoms with van der Waals surface area (Å²) in [6, 6.07) is 0. The van der Waals surface area contributed by atoms with E-state index in [-0.39, 0.29) is 18.5 Å². The fourth-order valence-corrected chi connectivity index (χ4v) is 2.54. The molecule has 0 unspecified atom stereocenters. The molecule has 0 aliphatic carbocycles. The number of hydrogen-bond acceptors (Lipinski definition) is 8. The zero-order valence-electron chi connectivity index (χ0n) is 13.3. The topological polar surface area (TPSA) is 174 Å². The molecule has 11 nitrogen and oxygen atoms in total. The number of rotatable bonds is 8. The van der Waals surface area contributed by atoms with Crippen molar-refractivity contribution in [3.05, 3.63) is 32.6 Å². The maximum atomic E-state index is 12.0. The molecule has 25 heavy (non-hydrogen) atoms. The molecule has 1 fully saturated rings. The molecule has 0 saturated carbocycles. The Morgan fingerprint density at radius 3 is 2.64 bits per heavy atom. The van der Waals surface area contributed by atoms with Crippen LogP contribution in [0, 0.1) is 0 Å². The normalized spacial score (nSPS) is 26.0. The lowest BCUT2D eigenvalue weighted by molar-refractivity contribution is -0.137. The number of hydrogen-bond donors (Lipinski definition) is 6. The van der Waals surface area contributed by atoms with E-state index >= 15 is 0 Å². The van der Waals surface area contributed by atoms with Crippen molar-refractivity contribution in [1.29, 1.82) is 0 Å². The van der Waals surface area contributed by atoms with Gasteiger partial charge in [0, 0.05) is 24.7 Å². The molecule has 1 aliphatic heterocycles. The van der Waals surface area contributed by atoms with E-state index in [4.69, 9.17) is 14.9 Å². The van der Waals surface area contributed by atoms with E-state index in [0.29, 0.717) is 13.0 Å². The summed E-state index contributed by atoms with van der Waals surface area (Å²) in [7, 11) is 0. The number of carbonyl (C=O) groups is 1. The molecule has 1 saturated heterocycles. The van der Waals surface area contributed by atoms with E-state index < -0.39 is 48.4 Å². The van der Waals surface area contributed by atoms with Crippen molar-refractivity contribution in [3.8, 4) is 0 Å². The Morgan fingerprint density at radius 2 is 2.04 bits per heavy atom. The van der Waals surface area contributed by atoms with Gasteiger partial charge in [-0.25, -0.2) is 4.79 Å². The maximum absolute atomic E-state index is 12.0. The summed E-state index contributed by atoms with van der Waals surface area (Å²) in [5.74, 6) is -0.919. The first kappa shape index (κ1) is 19.3. The van der Waals surface area contributed by atoms with E-state index in [2.05, 4.69) is 10.3 Å². The summed E-state index contributed by atoms with van der Waals surface area (Å²) in [4.78, 5) is 36.3. The van der Waals surface area contributed by atoms with Gasteiger partial charge in [0.2, 0.25) is 0 Å². The van der Waals surface area contributed by atoms with Crippen molar-refractivity contribution in [1.82, 2.24) is 14.9 Å². The van der Waals surface area contributed by atoms with Gasteiger partial charge in [-0.3, -0.25) is 19.1 Å². The lowest BCUT2D eigenvalue weighted by atomic mass is 10.1. The minimum absolute atomic E-state index is 0.00853. The zero-order valence-corrected chi connectivity index (χ0v) is 13.3. The van der Waals surface area contributed by atoms with Crippen LogP contribution in [0.2, 0.25) is 0 Å². The van der Waals surface area contributed by atoms with Crippen LogP contribution in [0.4, 0.5) is 0 Å². The van der Waals surface area contributed by atoms with Crippen LogP contribution < -0.4 is 16.6 Å². The van der Waals surface area contributed by atoms with Crippen LogP contribution in [0.15, 0.2) is 15.8 Å². The van der Waals surface area contributed by atoms with E-state index in [9.17, 15) is 24.6 Å². The summed E-state index contributed by atoms with van der Waals surface area (Å²) >= 11 is 0. The number of aliphatic hydroxyl groups excluding tert-OH is 3. The third-order valence-corrected chi connectivity index (χ3v) is 3.89. The number of carboxylic acid groups (broad SMARTS) is 1. The molecule has 11 heteroatoms. The van der Waals surface area contributed by atoms with Crippen LogP contribution in [0.1, 0.15) is 24.6 Å². The molecule has 2 rings (SSSR count). The molecule has 1 aliphatic rings. The quantitative estimate of drug-likeness (QED) is 0.266. The summed E-state index contributed by atoms with van der Waals surface area (Å²) in [6.07, 6.45) is -3.54. The summed E-state index contributed by atoms with van der Waals surface area (Å²) in [5.41, 5.74) is -1.28. The number of aliphatic hydroxyl groups is 3. The van der Waals surface area contributed by atoms with E-state index in [1.165, 1.54) is 6.20 Å². The van der Waals surface area contributed by atoms with Gasteiger partial charge in [0.1, 0.15) is 18.3 Å². The fraction of sp³-hybridized carbons (Fsp3) is 0.643. The highest BCUT2D eigenvalue weighted by Crippen LogP contribution is 2.27. The third kappa shape index (κ3) is 4.52. The predicted octanol–water partition coefficient (Wildman–Crippen LogP) is -2.90. The molecule has 4 atom stereocenters. The molecule has 1 aromatic heterocycles. The highest BCUT2D eigenvalue weighted by atomic mass is 16.6. The molecule has 1 aromatic rings. The molecule has 0 amide bonds. The standard InChI is InChI=1S/C14H21N3O8/c18-6-8-10(21)11(22)13(25-8)17-5-7(12(23)16-14(17)24)4-15-3-1-2-9(19)20/h5,8,10-11,13,15,18,21-22H,1-4,6H2,(H,19,20)(H,16,23,24)/t8-,10-,11-,13-/m1/s1. The number of nitrogens with one attached hydrogen (secondary N) is 2. The first-order chi connectivity index (χ1) is 11.8. The van der Waals surface area contributed by atoms with Crippen LogP contribution in [0.5, 0.6) is 0 Å². The van der Waals surface area contributed by atoms with E-state index in [0.717, 1.165) is 4.57 Å². The monoisotopic (exact) mass is 359 g/mol. The van der Waals surface area contributed by atoms with E-state index in [1.807, 2.05) is 0 Å². The summed E-state index contributed by atoms with van der Waals surface area (Å²) in [6.45, 7) is -0.104. The van der Waals surface area contributed by atoms with E-state index in [1.54, 1.807) is 0 Å². The molecular formula is C14H21N3O8. The number of nitrogens with zero attached hydrogens (tertiary/aromatic N) is 1. The number of carboxylic acids is 1. The van der Waals surface area contributed by atoms with Gasteiger partial charge in [-0.1, -0.05) is 0 Å². The van der Waals surface area contributed by atoms with Crippen molar-refractivity contribution in [3.63, 3.8) is 0 Å². The first-order valence-electron chi connectivity index (χ1n) is 7.74. The van der Waals surface area contributed by atoms with Gasteiger partial charge >= 0.3 is 11.7 Å². The van der Waals surface area contributed by atoms with Crippen LogP contribution >= 0.6 is 0 Å². The minimum atomic E-state index is -1.45. The molecule has 0 aromatic carbocycles. The Kier molecular flexibility index (Phi) is 6.45. The Morgan fingerprint density at radius 1 is 1.32 bits per heavy atom. The number of ether oxygens (including phenoxy) is 1. The third-order valence-electron chi connectivity index (χ3n) is 3.89. The van der Waals surface area contributed by atoms with Gasteiger partial charge in [-0.2, -0.15) is 0 Å². The lowest BCUT2D eigenvalue weighted by Gasteiger charge is -2.18. The van der Waals surface area contributed by atoms with Crippen LogP contribution in [0.3, 0.4) is 0 Å². The van der Waals surface area contributed by atoms with Gasteiger partial charge in [-0.15, -0.1) is 0 Å². The predicted molar refractivity (Wildman–Crippen MR) is 82.9 cm³/mol. The van der Waals surface area contributed by atoms with Crippen molar-refractivity contribution in [2.45, 2.75) is 43.9 Å². The average molecular weight is 359 g/mol. The molecule has 6 N–H and O–H groups in total. The lowest BCUT2D eigenvalue weighted by Crippen LogP contribution is -2.39. The van der Waals surface area contributed by atoms with Crippen molar-refractivity contribution in [2.24, 2.45) is 0 Å². The molecular weight excluding hydrogens is 338 g/mol. The molecule has 0 radical (unpaired) electrons. The van der Waals surface area contributed by atoms with Gasteiger partial charge in [0.05, 0.1) is 6.61 Å². The van der Waals surface area contributed by atoms with Crippen LogP contribution in [0.25, 0.3) is 0 Å². The van der Waals surface area contributed by atoms with Crippen molar-refractivity contribution < 1.29 is 30.0 Å². The molecule has 140 valence electrons. The Balaban J connectivity index is 2.11. The molecule has 0 spiro atoms. The highest BCUT2D eigenvalue weighted by molar-refractivity contribution is 5.66. The van der Waals surface area contributed by atoms with Gasteiger partial charge in [0.25, 0.3) is 5.56 Å². The Hall–Kier alpha value is -2.05. The fourth-order valence-electron chi connectivity index (χ4n) is 2.54. The second-order valence-corrected chi connectivity index (χ2v) is 5.72. The van der Waals surface area contributed by atoms with Gasteiger partial charge in [-0.05, 0) is 13.0 Å². The van der Waals surface area contributed by atoms with Crippen LogP contribution in [-0.4, -0.2) is 67.4 Å². The Bertz CT molecular complexity index is 715. The number of H-pyrrole nitrogens is 1. The number of aromatic nitrogens is 2. The minimum Gasteiger partial charge on any atom is -0.481 e. The zero-order chi connectivity index (χ0) is 18.6. The Labute approximate surface area is 141 Å². The second-order valence-electron chi connectivity index (χ2n) is 5.72. The van der Waals surface area contributed by atoms with Crippen LogP contribution in [-0.2, 0) is 16.1 Å². The summed E-state index contributed by atoms with van der Waals surface area (Å²) in [5, 5.41) is 40.3. The summed E-state index contributed by atoms with van der Waals surface area (Å²) < 4.78 is 6.22. The van der Waals surface area contributed by atoms with Crippen molar-refractivity contribution >= 4 is 5.97 Å². The molecule has 0 bridgehead atoms. The SMILES string of the molecule is O=C(O)CCCNCc1cn([C@@H]2O[C@H](CO)[C@@H](O)[C@H]2O)c(=O)[nH]c1=O. The first-order valence-corrected chi connectivity index (χ1v) is 7.74. The smallest absolute Gasteiger partial charge is 0.330 e.